The molecule has 0 unspecified atom stereocenters. The molecule has 1 aliphatic rings. The van der Waals surface area contributed by atoms with Crippen LogP contribution in [0, 0.1) is 5.82 Å². The first kappa shape index (κ1) is 18.6. The Labute approximate surface area is 168 Å². The number of halogens is 2. The van der Waals surface area contributed by atoms with Crippen molar-refractivity contribution in [3.8, 4) is 11.3 Å². The molecule has 3 aromatic rings. The molecule has 1 aromatic heterocycles. The Morgan fingerprint density at radius 2 is 1.89 bits per heavy atom. The molecule has 2 aromatic carbocycles. The smallest absolute Gasteiger partial charge is 0.253 e. The summed E-state index contributed by atoms with van der Waals surface area (Å²) < 4.78 is 13.2. The second kappa shape index (κ2) is 8.07. The Morgan fingerprint density at radius 3 is 2.68 bits per heavy atom. The molecule has 1 atom stereocenters. The largest absolute Gasteiger partial charge is 0.338 e. The lowest BCUT2D eigenvalue weighted by molar-refractivity contribution is 0.0706. The third-order valence-electron chi connectivity index (χ3n) is 5.01. The summed E-state index contributed by atoms with van der Waals surface area (Å²) in [5.41, 5.74) is 3.08. The Bertz CT molecular complexity index is 993. The number of hydrogen-bond acceptors (Lipinski definition) is 3. The molecule has 4 rings (SSSR count). The SMILES string of the molecule is O=C(c1ccc(F)cc1)N1CCC[C@H](c2nccnc2-c2cccc(Cl)c2)C1. The van der Waals surface area contributed by atoms with E-state index in [0.717, 1.165) is 29.8 Å². The fourth-order valence-electron chi connectivity index (χ4n) is 3.67. The van der Waals surface area contributed by atoms with Gasteiger partial charge in [0.15, 0.2) is 0 Å². The minimum Gasteiger partial charge on any atom is -0.338 e. The van der Waals surface area contributed by atoms with E-state index in [0.29, 0.717) is 23.7 Å². The van der Waals surface area contributed by atoms with Crippen LogP contribution >= 0.6 is 11.6 Å². The summed E-state index contributed by atoms with van der Waals surface area (Å²) in [6.45, 7) is 1.24. The summed E-state index contributed by atoms with van der Waals surface area (Å²) in [4.78, 5) is 23.8. The molecule has 4 nitrogen and oxygen atoms in total. The molecule has 2 heterocycles. The first-order valence-electron chi connectivity index (χ1n) is 9.23. The van der Waals surface area contributed by atoms with E-state index >= 15 is 0 Å². The lowest BCUT2D eigenvalue weighted by Crippen LogP contribution is -2.39. The van der Waals surface area contributed by atoms with Crippen LogP contribution in [0.25, 0.3) is 11.3 Å². The molecule has 28 heavy (non-hydrogen) atoms. The standard InChI is InChI=1S/C22H19ClFN3O/c23-18-5-1-3-16(13-18)20-21(26-11-10-25-20)17-4-2-12-27(14-17)22(28)15-6-8-19(24)9-7-15/h1,3,5-11,13,17H,2,4,12,14H2/t17-/m0/s1. The van der Waals surface area contributed by atoms with E-state index in [-0.39, 0.29) is 17.6 Å². The van der Waals surface area contributed by atoms with Crippen LogP contribution in [-0.4, -0.2) is 33.9 Å². The van der Waals surface area contributed by atoms with Gasteiger partial charge in [-0.2, -0.15) is 0 Å². The summed E-state index contributed by atoms with van der Waals surface area (Å²) in [6, 6.07) is 13.2. The van der Waals surface area contributed by atoms with E-state index in [1.807, 2.05) is 29.2 Å². The highest BCUT2D eigenvalue weighted by molar-refractivity contribution is 6.30. The monoisotopic (exact) mass is 395 g/mol. The van der Waals surface area contributed by atoms with Gasteiger partial charge < -0.3 is 4.90 Å². The van der Waals surface area contributed by atoms with Crippen LogP contribution in [0.15, 0.2) is 60.9 Å². The maximum Gasteiger partial charge on any atom is 0.253 e. The average Bonchev–Trinajstić information content (AvgIpc) is 2.74. The van der Waals surface area contributed by atoms with Gasteiger partial charge in [-0.25, -0.2) is 4.39 Å². The second-order valence-electron chi connectivity index (χ2n) is 6.90. The predicted octanol–water partition coefficient (Wildman–Crippen LogP) is 4.96. The van der Waals surface area contributed by atoms with Crippen molar-refractivity contribution in [1.29, 1.82) is 0 Å². The number of rotatable bonds is 3. The molecule has 0 bridgehead atoms. The topological polar surface area (TPSA) is 46.1 Å². The zero-order valence-corrected chi connectivity index (χ0v) is 15.9. The molecule has 0 aliphatic carbocycles. The Balaban J connectivity index is 1.60. The fraction of sp³-hybridized carbons (Fsp3) is 0.227. The van der Waals surface area contributed by atoms with Crippen LogP contribution in [0.1, 0.15) is 34.8 Å². The second-order valence-corrected chi connectivity index (χ2v) is 7.33. The van der Waals surface area contributed by atoms with Gasteiger partial charge in [-0.1, -0.05) is 23.7 Å². The third kappa shape index (κ3) is 3.90. The van der Waals surface area contributed by atoms with Gasteiger partial charge in [-0.05, 0) is 49.2 Å². The van der Waals surface area contributed by atoms with Crippen LogP contribution < -0.4 is 0 Å². The number of piperidine rings is 1. The van der Waals surface area contributed by atoms with Crippen LogP contribution in [0.3, 0.4) is 0 Å². The first-order chi connectivity index (χ1) is 13.6. The summed E-state index contributed by atoms with van der Waals surface area (Å²) in [7, 11) is 0. The van der Waals surface area contributed by atoms with Gasteiger partial charge in [0.1, 0.15) is 5.82 Å². The molecule has 0 radical (unpaired) electrons. The molecule has 1 fully saturated rings. The van der Waals surface area contributed by atoms with E-state index in [4.69, 9.17) is 11.6 Å². The Hall–Kier alpha value is -2.79. The molecule has 6 heteroatoms. The molecular weight excluding hydrogens is 377 g/mol. The minimum absolute atomic E-state index is 0.0841. The van der Waals surface area contributed by atoms with E-state index in [1.54, 1.807) is 12.4 Å². The van der Waals surface area contributed by atoms with Crippen LogP contribution in [0.4, 0.5) is 4.39 Å². The summed E-state index contributed by atoms with van der Waals surface area (Å²) >= 11 is 6.15. The van der Waals surface area contributed by atoms with Crippen molar-refractivity contribution >= 4 is 17.5 Å². The third-order valence-corrected chi connectivity index (χ3v) is 5.25. The highest BCUT2D eigenvalue weighted by Gasteiger charge is 2.28. The highest BCUT2D eigenvalue weighted by Crippen LogP contribution is 2.33. The molecule has 0 saturated carbocycles. The number of benzene rings is 2. The van der Waals surface area contributed by atoms with Gasteiger partial charge in [0.25, 0.3) is 5.91 Å². The van der Waals surface area contributed by atoms with Crippen molar-refractivity contribution in [2.24, 2.45) is 0 Å². The molecule has 1 amide bonds. The van der Waals surface area contributed by atoms with Crippen LogP contribution in [-0.2, 0) is 0 Å². The number of carbonyl (C=O) groups excluding carboxylic acids is 1. The normalized spacial score (nSPS) is 16.8. The number of nitrogens with zero attached hydrogens (tertiary/aromatic N) is 3. The van der Waals surface area contributed by atoms with Crippen molar-refractivity contribution in [1.82, 2.24) is 14.9 Å². The highest BCUT2D eigenvalue weighted by atomic mass is 35.5. The number of aromatic nitrogens is 2. The quantitative estimate of drug-likeness (QED) is 0.630. The Morgan fingerprint density at radius 1 is 1.11 bits per heavy atom. The summed E-state index contributed by atoms with van der Waals surface area (Å²) in [5, 5.41) is 0.644. The first-order valence-corrected chi connectivity index (χ1v) is 9.61. The lowest BCUT2D eigenvalue weighted by Gasteiger charge is -2.33. The molecule has 142 valence electrons. The number of likely N-dealkylation sites (tertiary alicyclic amines) is 1. The molecule has 0 spiro atoms. The van der Waals surface area contributed by atoms with Crippen molar-refractivity contribution in [3.05, 3.63) is 83.0 Å². The van der Waals surface area contributed by atoms with Crippen molar-refractivity contribution in [2.75, 3.05) is 13.1 Å². The number of carbonyl (C=O) groups is 1. The van der Waals surface area contributed by atoms with Gasteiger partial charge in [0.05, 0.1) is 11.4 Å². The van der Waals surface area contributed by atoms with E-state index in [2.05, 4.69) is 9.97 Å². The molecule has 1 saturated heterocycles. The predicted molar refractivity (Wildman–Crippen MR) is 107 cm³/mol. The fourth-order valence-corrected chi connectivity index (χ4v) is 3.86. The lowest BCUT2D eigenvalue weighted by atomic mass is 9.91. The van der Waals surface area contributed by atoms with Crippen molar-refractivity contribution in [3.63, 3.8) is 0 Å². The zero-order chi connectivity index (χ0) is 19.5. The zero-order valence-electron chi connectivity index (χ0n) is 15.2. The Kier molecular flexibility index (Phi) is 5.35. The van der Waals surface area contributed by atoms with E-state index < -0.39 is 0 Å². The van der Waals surface area contributed by atoms with Gasteiger partial charge in [0, 0.05) is 47.6 Å². The van der Waals surface area contributed by atoms with Crippen LogP contribution in [0.2, 0.25) is 5.02 Å². The summed E-state index contributed by atoms with van der Waals surface area (Å²) in [6.07, 6.45) is 5.16. The van der Waals surface area contributed by atoms with Gasteiger partial charge in [0.2, 0.25) is 0 Å². The van der Waals surface area contributed by atoms with E-state index in [9.17, 15) is 9.18 Å². The van der Waals surface area contributed by atoms with Gasteiger partial charge in [-0.3, -0.25) is 14.8 Å². The van der Waals surface area contributed by atoms with Crippen LogP contribution in [0.5, 0.6) is 0 Å². The number of hydrogen-bond donors (Lipinski definition) is 0. The maximum atomic E-state index is 13.2. The molecular formula is C22H19ClFN3O. The summed E-state index contributed by atoms with van der Waals surface area (Å²) in [5.74, 6) is -0.350. The van der Waals surface area contributed by atoms with Crippen molar-refractivity contribution < 1.29 is 9.18 Å². The average molecular weight is 396 g/mol. The van der Waals surface area contributed by atoms with E-state index in [1.165, 1.54) is 24.3 Å². The minimum atomic E-state index is -0.348. The van der Waals surface area contributed by atoms with Crippen molar-refractivity contribution in [2.45, 2.75) is 18.8 Å². The maximum absolute atomic E-state index is 13.2. The number of amides is 1. The van der Waals surface area contributed by atoms with Gasteiger partial charge in [-0.15, -0.1) is 0 Å². The van der Waals surface area contributed by atoms with Gasteiger partial charge >= 0.3 is 0 Å². The molecule has 0 N–H and O–H groups in total. The molecule has 1 aliphatic heterocycles.